The molecule has 1 aliphatic heterocycles. The summed E-state index contributed by atoms with van der Waals surface area (Å²) in [7, 11) is 1.94. The van der Waals surface area contributed by atoms with Gasteiger partial charge in [-0.1, -0.05) is 12.8 Å². The average molecular weight is 311 g/mol. The van der Waals surface area contributed by atoms with Gasteiger partial charge < -0.3 is 20.6 Å². The molecular weight excluding hydrogens is 278 g/mol. The van der Waals surface area contributed by atoms with E-state index in [0.717, 1.165) is 64.7 Å². The Morgan fingerprint density at radius 2 is 1.95 bits per heavy atom. The lowest BCUT2D eigenvalue weighted by Gasteiger charge is -2.37. The first kappa shape index (κ1) is 17.7. The van der Waals surface area contributed by atoms with Gasteiger partial charge in [0.2, 0.25) is 5.91 Å². The molecular formula is C17H33N3O2. The number of aliphatic hydroxyl groups is 1. The number of carbonyl (C=O) groups is 1. The number of hydrogen-bond donors (Lipinski definition) is 2. The molecule has 1 atom stereocenters. The standard InChI is InChI=1S/C17H33N3O2/c1-14(21)11-20-9-5-15(6-10-20)12-19(2)16(22)17(13-18)7-3-4-8-17/h14-15,21H,3-13,18H2,1-2H3. The van der Waals surface area contributed by atoms with Crippen LogP contribution in [-0.2, 0) is 4.79 Å². The van der Waals surface area contributed by atoms with Crippen molar-refractivity contribution in [2.75, 3.05) is 39.8 Å². The molecule has 3 N–H and O–H groups in total. The molecule has 0 spiro atoms. The first-order chi connectivity index (χ1) is 10.5. The Hall–Kier alpha value is -0.650. The molecule has 0 bridgehead atoms. The van der Waals surface area contributed by atoms with Crippen LogP contribution in [0.2, 0.25) is 0 Å². The first-order valence-electron chi connectivity index (χ1n) is 8.83. The van der Waals surface area contributed by atoms with Crippen LogP contribution in [0.4, 0.5) is 0 Å². The molecule has 1 saturated carbocycles. The van der Waals surface area contributed by atoms with Crippen LogP contribution in [0.15, 0.2) is 0 Å². The lowest BCUT2D eigenvalue weighted by molar-refractivity contribution is -0.140. The van der Waals surface area contributed by atoms with E-state index in [-0.39, 0.29) is 17.4 Å². The van der Waals surface area contributed by atoms with E-state index in [1.807, 2.05) is 18.9 Å². The van der Waals surface area contributed by atoms with Crippen LogP contribution in [0.1, 0.15) is 45.4 Å². The third-order valence-electron chi connectivity index (χ3n) is 5.51. The highest BCUT2D eigenvalue weighted by atomic mass is 16.3. The molecule has 1 unspecified atom stereocenters. The molecule has 5 heteroatoms. The van der Waals surface area contributed by atoms with Gasteiger partial charge in [-0.15, -0.1) is 0 Å². The van der Waals surface area contributed by atoms with Crippen LogP contribution in [0, 0.1) is 11.3 Å². The number of β-amino-alcohol motifs (C(OH)–C–C–N with tert-alkyl or cyclic N) is 1. The van der Waals surface area contributed by atoms with Gasteiger partial charge in [-0.25, -0.2) is 0 Å². The van der Waals surface area contributed by atoms with Crippen molar-refractivity contribution in [2.24, 2.45) is 17.1 Å². The zero-order chi connectivity index (χ0) is 16.2. The van der Waals surface area contributed by atoms with Crippen LogP contribution in [0.3, 0.4) is 0 Å². The Labute approximate surface area is 134 Å². The summed E-state index contributed by atoms with van der Waals surface area (Å²) in [4.78, 5) is 17.0. The number of piperidine rings is 1. The summed E-state index contributed by atoms with van der Waals surface area (Å²) in [5.41, 5.74) is 5.65. The van der Waals surface area contributed by atoms with Crippen LogP contribution in [-0.4, -0.2) is 66.7 Å². The molecule has 0 aromatic rings. The second kappa shape index (κ2) is 7.75. The van der Waals surface area contributed by atoms with Crippen molar-refractivity contribution in [3.63, 3.8) is 0 Å². The Bertz CT molecular complexity index is 359. The van der Waals surface area contributed by atoms with Crippen molar-refractivity contribution in [3.8, 4) is 0 Å². The van der Waals surface area contributed by atoms with Crippen LogP contribution in [0.25, 0.3) is 0 Å². The maximum absolute atomic E-state index is 12.8. The van der Waals surface area contributed by atoms with Gasteiger partial charge in [0.25, 0.3) is 0 Å². The Morgan fingerprint density at radius 3 is 2.45 bits per heavy atom. The van der Waals surface area contributed by atoms with Gasteiger partial charge in [0.15, 0.2) is 0 Å². The third-order valence-corrected chi connectivity index (χ3v) is 5.51. The Kier molecular flexibility index (Phi) is 6.24. The SMILES string of the molecule is CC(O)CN1CCC(CN(C)C(=O)C2(CN)CCCC2)CC1. The van der Waals surface area contributed by atoms with E-state index in [1.165, 1.54) is 0 Å². The van der Waals surface area contributed by atoms with Crippen LogP contribution in [0.5, 0.6) is 0 Å². The second-order valence-corrected chi connectivity index (χ2v) is 7.47. The summed E-state index contributed by atoms with van der Waals surface area (Å²) in [6, 6.07) is 0. The molecule has 0 aromatic carbocycles. The first-order valence-corrected chi connectivity index (χ1v) is 8.83. The summed E-state index contributed by atoms with van der Waals surface area (Å²) < 4.78 is 0. The van der Waals surface area contributed by atoms with Gasteiger partial charge in [-0.2, -0.15) is 0 Å². The fourth-order valence-corrected chi connectivity index (χ4v) is 4.16. The second-order valence-electron chi connectivity index (χ2n) is 7.47. The number of rotatable bonds is 6. The molecule has 1 amide bonds. The molecule has 22 heavy (non-hydrogen) atoms. The zero-order valence-electron chi connectivity index (χ0n) is 14.3. The zero-order valence-corrected chi connectivity index (χ0v) is 14.3. The Morgan fingerprint density at radius 1 is 1.36 bits per heavy atom. The molecule has 128 valence electrons. The van der Waals surface area contributed by atoms with E-state index < -0.39 is 0 Å². The molecule has 1 saturated heterocycles. The summed E-state index contributed by atoms with van der Waals surface area (Å²) in [5, 5.41) is 9.46. The maximum atomic E-state index is 12.8. The number of nitrogens with two attached hydrogens (primary N) is 1. The molecule has 5 nitrogen and oxygen atoms in total. The van der Waals surface area contributed by atoms with E-state index in [9.17, 15) is 9.90 Å². The van der Waals surface area contributed by atoms with Gasteiger partial charge >= 0.3 is 0 Å². The highest BCUT2D eigenvalue weighted by molar-refractivity contribution is 5.83. The van der Waals surface area contributed by atoms with Gasteiger partial charge in [-0.3, -0.25) is 4.79 Å². The minimum atomic E-state index is -0.276. The largest absolute Gasteiger partial charge is 0.392 e. The fourth-order valence-electron chi connectivity index (χ4n) is 4.16. The lowest BCUT2D eigenvalue weighted by Crippen LogP contribution is -2.47. The number of nitrogens with zero attached hydrogens (tertiary/aromatic N) is 2. The minimum absolute atomic E-state index is 0.257. The number of hydrogen-bond acceptors (Lipinski definition) is 4. The van der Waals surface area contributed by atoms with Crippen molar-refractivity contribution >= 4 is 5.91 Å². The summed E-state index contributed by atoms with van der Waals surface area (Å²) in [5.74, 6) is 0.842. The quantitative estimate of drug-likeness (QED) is 0.769. The smallest absolute Gasteiger partial charge is 0.229 e. The van der Waals surface area contributed by atoms with Crippen molar-refractivity contribution in [1.82, 2.24) is 9.80 Å². The van der Waals surface area contributed by atoms with Gasteiger partial charge in [0.1, 0.15) is 0 Å². The molecule has 2 fully saturated rings. The summed E-state index contributed by atoms with van der Waals surface area (Å²) >= 11 is 0. The van der Waals surface area contributed by atoms with Crippen molar-refractivity contribution < 1.29 is 9.90 Å². The van der Waals surface area contributed by atoms with Crippen molar-refractivity contribution in [2.45, 2.75) is 51.6 Å². The van der Waals surface area contributed by atoms with Crippen molar-refractivity contribution in [3.05, 3.63) is 0 Å². The highest BCUT2D eigenvalue weighted by Gasteiger charge is 2.41. The van der Waals surface area contributed by atoms with E-state index in [2.05, 4.69) is 4.90 Å². The van der Waals surface area contributed by atoms with Gasteiger partial charge in [0, 0.05) is 26.7 Å². The van der Waals surface area contributed by atoms with E-state index in [1.54, 1.807) is 0 Å². The summed E-state index contributed by atoms with van der Waals surface area (Å²) in [6.07, 6.45) is 6.15. The van der Waals surface area contributed by atoms with Gasteiger partial charge in [-0.05, 0) is 51.6 Å². The Balaban J connectivity index is 1.80. The molecule has 0 aromatic heterocycles. The number of aliphatic hydroxyl groups excluding tert-OH is 1. The predicted octanol–water partition coefficient (Wildman–Crippen LogP) is 1.06. The molecule has 2 rings (SSSR count). The predicted molar refractivity (Wildman–Crippen MR) is 88.4 cm³/mol. The van der Waals surface area contributed by atoms with Crippen molar-refractivity contribution in [1.29, 1.82) is 0 Å². The van der Waals surface area contributed by atoms with E-state index >= 15 is 0 Å². The highest BCUT2D eigenvalue weighted by Crippen LogP contribution is 2.38. The number of amides is 1. The molecule has 0 radical (unpaired) electrons. The maximum Gasteiger partial charge on any atom is 0.229 e. The normalized spacial score (nSPS) is 24.4. The lowest BCUT2D eigenvalue weighted by atomic mass is 9.84. The van der Waals surface area contributed by atoms with E-state index in [4.69, 9.17) is 5.73 Å². The van der Waals surface area contributed by atoms with Crippen LogP contribution >= 0.6 is 0 Å². The van der Waals surface area contributed by atoms with E-state index in [0.29, 0.717) is 12.5 Å². The topological polar surface area (TPSA) is 69.8 Å². The monoisotopic (exact) mass is 311 g/mol. The van der Waals surface area contributed by atoms with Crippen LogP contribution < -0.4 is 5.73 Å². The number of carbonyl (C=O) groups excluding carboxylic acids is 1. The minimum Gasteiger partial charge on any atom is -0.392 e. The summed E-state index contributed by atoms with van der Waals surface area (Å²) in [6.45, 7) is 6.00. The fraction of sp³-hybridized carbons (Fsp3) is 0.941. The average Bonchev–Trinajstić information content (AvgIpc) is 2.98. The molecule has 1 aliphatic carbocycles. The third kappa shape index (κ3) is 4.21. The van der Waals surface area contributed by atoms with Gasteiger partial charge in [0.05, 0.1) is 11.5 Å². The molecule has 2 aliphatic rings. The molecule has 1 heterocycles. The number of likely N-dealkylation sites (tertiary alicyclic amines) is 1.